The number of oxime groups is 1. The van der Waals surface area contributed by atoms with Crippen LogP contribution < -0.4 is 10.1 Å². The Morgan fingerprint density at radius 3 is 2.56 bits per heavy atom. The molecule has 1 amide bonds. The first-order valence-corrected chi connectivity index (χ1v) is 11.1. The molecule has 2 aromatic rings. The fourth-order valence-corrected chi connectivity index (χ4v) is 3.28. The van der Waals surface area contributed by atoms with Gasteiger partial charge in [0, 0.05) is 38.2 Å². The lowest BCUT2D eigenvalue weighted by molar-refractivity contribution is -0.137. The van der Waals surface area contributed by atoms with Gasteiger partial charge in [-0.3, -0.25) is 4.79 Å². The van der Waals surface area contributed by atoms with Gasteiger partial charge in [0.2, 0.25) is 5.88 Å². The number of ether oxygens (including phenoxy) is 2. The molecule has 3 rings (SSSR count). The van der Waals surface area contributed by atoms with Crippen LogP contribution in [0.3, 0.4) is 0 Å². The second-order valence-corrected chi connectivity index (χ2v) is 7.95. The van der Waals surface area contributed by atoms with Gasteiger partial charge in [0.05, 0.1) is 5.56 Å². The molecular formula is C24H28F3N3O4. The minimum Gasteiger partial charge on any atom is -0.468 e. The lowest BCUT2D eigenvalue weighted by atomic mass is 10.0. The molecule has 1 N–H and O–H groups in total. The summed E-state index contributed by atoms with van der Waals surface area (Å²) in [5, 5.41) is 6.71. The van der Waals surface area contributed by atoms with E-state index in [0.717, 1.165) is 43.8 Å². The summed E-state index contributed by atoms with van der Waals surface area (Å²) in [4.78, 5) is 21.3. The summed E-state index contributed by atoms with van der Waals surface area (Å²) in [6.07, 6.45) is 2.11. The molecule has 0 unspecified atom stereocenters. The van der Waals surface area contributed by atoms with Gasteiger partial charge < -0.3 is 19.6 Å². The normalized spacial score (nSPS) is 14.8. The maximum Gasteiger partial charge on any atom is 0.416 e. The Kier molecular flexibility index (Phi) is 9.69. The molecule has 0 radical (unpaired) electrons. The summed E-state index contributed by atoms with van der Waals surface area (Å²) in [5.74, 6) is 0.650. The standard InChI is InChI=1S/C24H28F3N3O4/c25-24(26,27)21-6-3-20(4-7-21)16-34-30-11-1-2-18-5-8-23(29-15-18)33-17-22(31)28-14-19-9-12-32-13-10-19/h3-8,11,15,19H,1-2,9-10,12-14,16-17H2,(H,28,31). The molecule has 184 valence electrons. The predicted octanol–water partition coefficient (Wildman–Crippen LogP) is 4.16. The molecule has 10 heteroatoms. The number of hydrogen-bond acceptors (Lipinski definition) is 6. The largest absolute Gasteiger partial charge is 0.468 e. The number of alkyl halides is 3. The van der Waals surface area contributed by atoms with Crippen molar-refractivity contribution in [1.82, 2.24) is 10.3 Å². The second kappa shape index (κ2) is 12.9. The summed E-state index contributed by atoms with van der Waals surface area (Å²) < 4.78 is 48.4. The highest BCUT2D eigenvalue weighted by Gasteiger charge is 2.29. The summed E-state index contributed by atoms with van der Waals surface area (Å²) >= 11 is 0. The van der Waals surface area contributed by atoms with Gasteiger partial charge in [-0.05, 0) is 54.9 Å². The second-order valence-electron chi connectivity index (χ2n) is 7.95. The van der Waals surface area contributed by atoms with Gasteiger partial charge in [-0.15, -0.1) is 0 Å². The number of rotatable bonds is 11. The number of aryl methyl sites for hydroxylation is 1. The van der Waals surface area contributed by atoms with E-state index < -0.39 is 11.7 Å². The molecule has 2 heterocycles. The first-order valence-electron chi connectivity index (χ1n) is 11.1. The van der Waals surface area contributed by atoms with Crippen LogP contribution >= 0.6 is 0 Å². The van der Waals surface area contributed by atoms with Gasteiger partial charge in [0.25, 0.3) is 5.91 Å². The molecule has 1 fully saturated rings. The van der Waals surface area contributed by atoms with E-state index in [9.17, 15) is 18.0 Å². The Hall–Kier alpha value is -3.14. The van der Waals surface area contributed by atoms with E-state index in [1.165, 1.54) is 12.1 Å². The van der Waals surface area contributed by atoms with Crippen LogP contribution in [0.15, 0.2) is 47.8 Å². The third kappa shape index (κ3) is 9.01. The molecule has 1 aromatic heterocycles. The van der Waals surface area contributed by atoms with Crippen LogP contribution in [-0.2, 0) is 33.6 Å². The number of nitrogens with one attached hydrogen (secondary N) is 1. The highest BCUT2D eigenvalue weighted by Crippen LogP contribution is 2.29. The molecule has 0 spiro atoms. The number of carbonyl (C=O) groups excluding carboxylic acids is 1. The van der Waals surface area contributed by atoms with Crippen LogP contribution in [0.25, 0.3) is 0 Å². The average molecular weight is 479 g/mol. The molecule has 1 aromatic carbocycles. The van der Waals surface area contributed by atoms with E-state index in [4.69, 9.17) is 14.3 Å². The zero-order valence-electron chi connectivity index (χ0n) is 18.7. The van der Waals surface area contributed by atoms with Gasteiger partial charge in [-0.1, -0.05) is 23.4 Å². The van der Waals surface area contributed by atoms with E-state index in [1.54, 1.807) is 18.5 Å². The zero-order valence-corrected chi connectivity index (χ0v) is 18.7. The van der Waals surface area contributed by atoms with E-state index in [2.05, 4.69) is 15.5 Å². The first kappa shape index (κ1) is 25.5. The maximum atomic E-state index is 12.5. The highest BCUT2D eigenvalue weighted by molar-refractivity contribution is 5.77. The number of nitrogens with zero attached hydrogens (tertiary/aromatic N) is 2. The Balaban J connectivity index is 1.28. The number of halogens is 3. The van der Waals surface area contributed by atoms with Gasteiger partial charge in [0.15, 0.2) is 6.61 Å². The number of amides is 1. The molecule has 34 heavy (non-hydrogen) atoms. The fourth-order valence-electron chi connectivity index (χ4n) is 3.28. The Morgan fingerprint density at radius 2 is 1.88 bits per heavy atom. The number of benzene rings is 1. The third-order valence-electron chi connectivity index (χ3n) is 5.30. The molecule has 7 nitrogen and oxygen atoms in total. The monoisotopic (exact) mass is 479 g/mol. The van der Waals surface area contributed by atoms with Crippen molar-refractivity contribution < 1.29 is 32.3 Å². The van der Waals surface area contributed by atoms with Crippen molar-refractivity contribution in [3.05, 3.63) is 59.3 Å². The summed E-state index contributed by atoms with van der Waals surface area (Å²) in [6.45, 7) is 2.13. The minimum atomic E-state index is -4.35. The van der Waals surface area contributed by atoms with Crippen molar-refractivity contribution in [3.8, 4) is 5.88 Å². The van der Waals surface area contributed by atoms with Gasteiger partial charge in [0.1, 0.15) is 6.61 Å². The van der Waals surface area contributed by atoms with Crippen LogP contribution in [0, 0.1) is 5.92 Å². The van der Waals surface area contributed by atoms with E-state index in [1.807, 2.05) is 6.07 Å². The van der Waals surface area contributed by atoms with Crippen molar-refractivity contribution >= 4 is 12.1 Å². The van der Waals surface area contributed by atoms with Crippen molar-refractivity contribution in [2.75, 3.05) is 26.4 Å². The smallest absolute Gasteiger partial charge is 0.416 e. The molecule has 0 saturated carbocycles. The Labute approximate surface area is 196 Å². The lowest BCUT2D eigenvalue weighted by Crippen LogP contribution is -2.35. The van der Waals surface area contributed by atoms with Crippen molar-refractivity contribution in [1.29, 1.82) is 0 Å². The summed E-state index contributed by atoms with van der Waals surface area (Å²) in [6, 6.07) is 8.33. The number of hydrogen-bond donors (Lipinski definition) is 1. The van der Waals surface area contributed by atoms with E-state index in [-0.39, 0.29) is 19.1 Å². The van der Waals surface area contributed by atoms with Crippen molar-refractivity contribution in [2.24, 2.45) is 11.1 Å². The van der Waals surface area contributed by atoms with Crippen LogP contribution in [0.4, 0.5) is 13.2 Å². The average Bonchev–Trinajstić information content (AvgIpc) is 2.84. The molecular weight excluding hydrogens is 451 g/mol. The van der Waals surface area contributed by atoms with Crippen LogP contribution in [0.2, 0.25) is 0 Å². The summed E-state index contributed by atoms with van der Waals surface area (Å²) in [7, 11) is 0. The van der Waals surface area contributed by atoms with Gasteiger partial charge in [-0.2, -0.15) is 13.2 Å². The maximum absolute atomic E-state index is 12.5. The first-order chi connectivity index (χ1) is 16.4. The van der Waals surface area contributed by atoms with E-state index in [0.29, 0.717) is 36.7 Å². The number of aromatic nitrogens is 1. The number of pyridine rings is 1. The molecule has 0 bridgehead atoms. The van der Waals surface area contributed by atoms with Crippen LogP contribution in [0.1, 0.15) is 36.0 Å². The van der Waals surface area contributed by atoms with Crippen LogP contribution in [0.5, 0.6) is 5.88 Å². The molecule has 1 aliphatic rings. The SMILES string of the molecule is O=C(COc1ccc(CCC=NOCc2ccc(C(F)(F)F)cc2)cn1)NCC1CCOCC1. The zero-order chi connectivity index (χ0) is 24.2. The third-order valence-corrected chi connectivity index (χ3v) is 5.30. The van der Waals surface area contributed by atoms with Crippen LogP contribution in [-0.4, -0.2) is 43.5 Å². The molecule has 1 saturated heterocycles. The fraction of sp³-hybridized carbons (Fsp3) is 0.458. The number of carbonyl (C=O) groups is 1. The quantitative estimate of drug-likeness (QED) is 0.387. The molecule has 0 aliphatic carbocycles. The van der Waals surface area contributed by atoms with E-state index >= 15 is 0 Å². The topological polar surface area (TPSA) is 82.0 Å². The van der Waals surface area contributed by atoms with Gasteiger partial charge >= 0.3 is 6.18 Å². The minimum absolute atomic E-state index is 0.0848. The lowest BCUT2D eigenvalue weighted by Gasteiger charge is -2.22. The summed E-state index contributed by atoms with van der Waals surface area (Å²) in [5.41, 5.74) is 0.867. The van der Waals surface area contributed by atoms with Crippen molar-refractivity contribution in [3.63, 3.8) is 0 Å². The predicted molar refractivity (Wildman–Crippen MR) is 119 cm³/mol. The molecule has 1 aliphatic heterocycles. The van der Waals surface area contributed by atoms with Gasteiger partial charge in [-0.25, -0.2) is 4.98 Å². The Morgan fingerprint density at radius 1 is 1.15 bits per heavy atom. The highest BCUT2D eigenvalue weighted by atomic mass is 19.4. The van der Waals surface area contributed by atoms with Crippen molar-refractivity contribution in [2.45, 2.75) is 38.5 Å². The molecule has 0 atom stereocenters. The Bertz CT molecular complexity index is 913.